The first-order valence-corrected chi connectivity index (χ1v) is 12.1. The van der Waals surface area contributed by atoms with Crippen LogP contribution in [0.25, 0.3) is 10.2 Å². The van der Waals surface area contributed by atoms with E-state index in [9.17, 15) is 14.4 Å². The fourth-order valence-corrected chi connectivity index (χ4v) is 4.87. The molecule has 4 aromatic rings. The molecule has 35 heavy (non-hydrogen) atoms. The van der Waals surface area contributed by atoms with Crippen molar-refractivity contribution in [2.45, 2.75) is 25.8 Å². The number of nitrogens with zero attached hydrogens (tertiary/aromatic N) is 3. The number of fused-ring (bicyclic) bond motifs is 1. The maximum absolute atomic E-state index is 13.2. The molecular weight excluding hydrogens is 466 g/mol. The summed E-state index contributed by atoms with van der Waals surface area (Å²) in [6, 6.07) is 17.2. The zero-order valence-corrected chi connectivity index (χ0v) is 20.2. The number of nitrogens with one attached hydrogen (secondary N) is 1. The van der Waals surface area contributed by atoms with Gasteiger partial charge in [0, 0.05) is 20.1 Å². The number of methoxy groups -OCH3 is 1. The lowest BCUT2D eigenvalue weighted by Gasteiger charge is -2.24. The van der Waals surface area contributed by atoms with E-state index in [-0.39, 0.29) is 43.5 Å². The van der Waals surface area contributed by atoms with Gasteiger partial charge in [-0.05, 0) is 30.5 Å². The number of nitrogen functional groups attached to an aromatic ring is 1. The minimum absolute atomic E-state index is 0.0393. The van der Waals surface area contributed by atoms with Crippen molar-refractivity contribution in [3.05, 3.63) is 86.0 Å². The van der Waals surface area contributed by atoms with Crippen LogP contribution in [0.15, 0.2) is 64.2 Å². The monoisotopic (exact) mass is 493 g/mol. The van der Waals surface area contributed by atoms with E-state index in [0.29, 0.717) is 12.8 Å². The number of carbonyl (C=O) groups excluding carboxylic acids is 1. The van der Waals surface area contributed by atoms with E-state index in [4.69, 9.17) is 10.5 Å². The molecule has 0 saturated heterocycles. The molecule has 2 aromatic heterocycles. The molecule has 0 radical (unpaired) electrons. The van der Waals surface area contributed by atoms with Crippen LogP contribution in [-0.4, -0.2) is 40.7 Å². The van der Waals surface area contributed by atoms with Crippen LogP contribution in [-0.2, 0) is 22.5 Å². The Balaban J connectivity index is 1.55. The number of aromatic nitrogens is 3. The third-order valence-electron chi connectivity index (χ3n) is 5.61. The summed E-state index contributed by atoms with van der Waals surface area (Å²) in [5, 5.41) is 0.955. The van der Waals surface area contributed by atoms with Crippen molar-refractivity contribution >= 4 is 39.0 Å². The fourth-order valence-electron chi connectivity index (χ4n) is 3.86. The number of carbonyl (C=O) groups is 1. The van der Waals surface area contributed by atoms with Crippen molar-refractivity contribution in [2.75, 3.05) is 30.9 Å². The first-order chi connectivity index (χ1) is 17.0. The molecule has 2 heterocycles. The molecule has 0 unspecified atom stereocenters. The van der Waals surface area contributed by atoms with E-state index in [1.807, 2.05) is 54.6 Å². The van der Waals surface area contributed by atoms with Gasteiger partial charge in [-0.25, -0.2) is 9.78 Å². The van der Waals surface area contributed by atoms with Crippen LogP contribution in [0.4, 0.5) is 11.5 Å². The normalized spacial score (nSPS) is 11.1. The number of aryl methyl sites for hydroxylation is 1. The Morgan fingerprint density at radius 1 is 1.14 bits per heavy atom. The number of aromatic amines is 1. The third-order valence-corrected chi connectivity index (χ3v) is 6.70. The smallest absolute Gasteiger partial charge is 0.330 e. The Bertz CT molecular complexity index is 1390. The van der Waals surface area contributed by atoms with Crippen LogP contribution in [0, 0.1) is 0 Å². The zero-order valence-electron chi connectivity index (χ0n) is 19.4. The number of hydrogen-bond acceptors (Lipinski definition) is 7. The van der Waals surface area contributed by atoms with E-state index >= 15 is 0 Å². The van der Waals surface area contributed by atoms with Crippen molar-refractivity contribution in [3.63, 3.8) is 0 Å². The number of amides is 1. The van der Waals surface area contributed by atoms with Crippen LogP contribution in [0.2, 0.25) is 0 Å². The van der Waals surface area contributed by atoms with Crippen molar-refractivity contribution in [2.24, 2.45) is 0 Å². The lowest BCUT2D eigenvalue weighted by Crippen LogP contribution is -2.42. The second-order valence-corrected chi connectivity index (χ2v) is 9.15. The SMILES string of the molecule is COCCN(C(=O)CCCc1nc2ccccc2s1)c1c(N)n(Cc2ccccc2)c(=O)[nH]c1=O. The number of nitrogens with two attached hydrogens (primary N) is 1. The summed E-state index contributed by atoms with van der Waals surface area (Å²) in [6.45, 7) is 0.507. The summed E-state index contributed by atoms with van der Waals surface area (Å²) in [5.41, 5.74) is 6.72. The van der Waals surface area contributed by atoms with Gasteiger partial charge >= 0.3 is 5.69 Å². The second-order valence-electron chi connectivity index (χ2n) is 8.03. The van der Waals surface area contributed by atoms with E-state index in [1.54, 1.807) is 11.3 Å². The number of ether oxygens (including phenoxy) is 1. The van der Waals surface area contributed by atoms with Gasteiger partial charge in [-0.15, -0.1) is 11.3 Å². The molecule has 0 saturated carbocycles. The molecule has 0 aliphatic carbocycles. The molecule has 0 bridgehead atoms. The molecule has 9 nitrogen and oxygen atoms in total. The summed E-state index contributed by atoms with van der Waals surface area (Å²) in [7, 11) is 1.51. The molecular formula is C25H27N5O4S. The molecule has 0 fully saturated rings. The average molecular weight is 494 g/mol. The Morgan fingerprint density at radius 3 is 2.63 bits per heavy atom. The average Bonchev–Trinajstić information content (AvgIpc) is 3.27. The number of thiazole rings is 1. The van der Waals surface area contributed by atoms with E-state index < -0.39 is 11.2 Å². The zero-order chi connectivity index (χ0) is 24.8. The molecule has 0 spiro atoms. The number of benzene rings is 2. The van der Waals surface area contributed by atoms with Gasteiger partial charge in [-0.2, -0.15) is 0 Å². The highest BCUT2D eigenvalue weighted by atomic mass is 32.1. The van der Waals surface area contributed by atoms with Gasteiger partial charge in [0.05, 0.1) is 28.4 Å². The van der Waals surface area contributed by atoms with Gasteiger partial charge in [0.25, 0.3) is 5.56 Å². The summed E-state index contributed by atoms with van der Waals surface area (Å²) < 4.78 is 7.53. The van der Waals surface area contributed by atoms with Gasteiger partial charge in [-0.1, -0.05) is 42.5 Å². The van der Waals surface area contributed by atoms with Gasteiger partial charge in [0.15, 0.2) is 5.69 Å². The van der Waals surface area contributed by atoms with E-state index in [1.165, 1.54) is 16.6 Å². The van der Waals surface area contributed by atoms with Gasteiger partial charge in [0.1, 0.15) is 5.82 Å². The summed E-state index contributed by atoms with van der Waals surface area (Å²) >= 11 is 1.61. The summed E-state index contributed by atoms with van der Waals surface area (Å²) in [6.07, 6.45) is 1.39. The third kappa shape index (κ3) is 5.67. The lowest BCUT2D eigenvalue weighted by atomic mass is 10.2. The maximum atomic E-state index is 13.2. The van der Waals surface area contributed by atoms with Crippen molar-refractivity contribution in [3.8, 4) is 0 Å². The number of H-pyrrole nitrogens is 1. The minimum atomic E-state index is -0.701. The molecule has 182 valence electrons. The predicted molar refractivity (Wildman–Crippen MR) is 138 cm³/mol. The summed E-state index contributed by atoms with van der Waals surface area (Å²) in [4.78, 5) is 46.8. The quantitative estimate of drug-likeness (QED) is 0.350. The van der Waals surface area contributed by atoms with Crippen molar-refractivity contribution in [1.29, 1.82) is 0 Å². The fraction of sp³-hybridized carbons (Fsp3) is 0.280. The first kappa shape index (κ1) is 24.4. The first-order valence-electron chi connectivity index (χ1n) is 11.3. The second kappa shape index (κ2) is 11.1. The number of anilines is 2. The Kier molecular flexibility index (Phi) is 7.74. The molecule has 4 rings (SSSR count). The van der Waals surface area contributed by atoms with Crippen LogP contribution in [0.5, 0.6) is 0 Å². The van der Waals surface area contributed by atoms with Gasteiger partial charge in [-0.3, -0.25) is 19.1 Å². The van der Waals surface area contributed by atoms with Gasteiger partial charge in [0.2, 0.25) is 5.91 Å². The highest BCUT2D eigenvalue weighted by Gasteiger charge is 2.24. The standard InChI is InChI=1S/C25H27N5O4S/c1-34-15-14-29(21(31)13-7-12-20-27-18-10-5-6-11-19(18)35-20)22-23(26)30(25(33)28-24(22)32)16-17-8-3-2-4-9-17/h2-6,8-11H,7,12-16,26H2,1H3,(H,28,32,33). The predicted octanol–water partition coefficient (Wildman–Crippen LogP) is 2.78. The number of para-hydroxylation sites is 1. The van der Waals surface area contributed by atoms with E-state index in [0.717, 1.165) is 20.8 Å². The molecule has 0 aliphatic rings. The van der Waals surface area contributed by atoms with Gasteiger partial charge < -0.3 is 15.4 Å². The largest absolute Gasteiger partial charge is 0.383 e. The summed E-state index contributed by atoms with van der Waals surface area (Å²) in [5.74, 6) is -0.330. The highest BCUT2D eigenvalue weighted by Crippen LogP contribution is 2.24. The topological polar surface area (TPSA) is 123 Å². The van der Waals surface area contributed by atoms with Crippen LogP contribution >= 0.6 is 11.3 Å². The molecule has 1 amide bonds. The van der Waals surface area contributed by atoms with Crippen molar-refractivity contribution in [1.82, 2.24) is 14.5 Å². The Morgan fingerprint density at radius 2 is 1.89 bits per heavy atom. The molecule has 10 heteroatoms. The molecule has 2 aromatic carbocycles. The number of hydrogen-bond donors (Lipinski definition) is 2. The molecule has 3 N–H and O–H groups in total. The minimum Gasteiger partial charge on any atom is -0.383 e. The maximum Gasteiger partial charge on any atom is 0.330 e. The van der Waals surface area contributed by atoms with Crippen molar-refractivity contribution < 1.29 is 9.53 Å². The molecule has 0 aliphatic heterocycles. The molecule has 0 atom stereocenters. The Hall–Kier alpha value is -3.76. The lowest BCUT2D eigenvalue weighted by molar-refractivity contribution is -0.118. The van der Waals surface area contributed by atoms with Crippen LogP contribution in [0.3, 0.4) is 0 Å². The highest BCUT2D eigenvalue weighted by molar-refractivity contribution is 7.18. The van der Waals surface area contributed by atoms with Crippen LogP contribution < -0.4 is 21.9 Å². The van der Waals surface area contributed by atoms with Crippen LogP contribution in [0.1, 0.15) is 23.4 Å². The van der Waals surface area contributed by atoms with E-state index in [2.05, 4.69) is 9.97 Å². The number of rotatable bonds is 10. The Labute approximate surface area is 205 Å².